The number of ether oxygens (including phenoxy) is 2. The number of ketones is 1. The highest BCUT2D eigenvalue weighted by Crippen LogP contribution is 2.39. The molecule has 0 N–H and O–H groups in total. The minimum atomic E-state index is -4.65. The fraction of sp³-hybridized carbons (Fsp3) is 0.0741. The molecule has 13 heteroatoms. The van der Waals surface area contributed by atoms with Crippen LogP contribution in [0.2, 0.25) is 0 Å². The normalized spacial score (nSPS) is 11.8. The number of para-hydroxylation sites is 2. The summed E-state index contributed by atoms with van der Waals surface area (Å²) in [6.45, 7) is 0. The van der Waals surface area contributed by atoms with Gasteiger partial charge in [0.2, 0.25) is 0 Å². The average Bonchev–Trinajstić information content (AvgIpc) is 2.90. The summed E-state index contributed by atoms with van der Waals surface area (Å²) in [5.74, 6) is -15.5. The van der Waals surface area contributed by atoms with Crippen molar-refractivity contribution < 1.29 is 58.2 Å². The van der Waals surface area contributed by atoms with E-state index in [1.807, 2.05) is 0 Å². The lowest BCUT2D eigenvalue weighted by atomic mass is 10.0. The van der Waals surface area contributed by atoms with E-state index in [1.165, 1.54) is 12.1 Å². The molecule has 0 amide bonds. The van der Waals surface area contributed by atoms with Crippen molar-refractivity contribution in [1.82, 2.24) is 0 Å². The summed E-state index contributed by atoms with van der Waals surface area (Å²) in [6, 6.07) is 8.99. The van der Waals surface area contributed by atoms with Crippen LogP contribution >= 0.6 is 0 Å². The molecular weight excluding hydrogens is 562 g/mol. The van der Waals surface area contributed by atoms with Gasteiger partial charge in [0, 0.05) is 0 Å². The van der Waals surface area contributed by atoms with Crippen molar-refractivity contribution in [3.63, 3.8) is 0 Å². The van der Waals surface area contributed by atoms with Gasteiger partial charge in [-0.15, -0.1) is 0 Å². The summed E-state index contributed by atoms with van der Waals surface area (Å²) >= 11 is 0. The van der Waals surface area contributed by atoms with E-state index >= 15 is 0 Å². The maximum atomic E-state index is 14.8. The van der Waals surface area contributed by atoms with Gasteiger partial charge in [0.25, 0.3) is 0 Å². The predicted molar refractivity (Wildman–Crippen MR) is 118 cm³/mol. The first-order valence-corrected chi connectivity index (χ1v) is 10.9. The molecule has 0 aromatic heterocycles. The molecule has 0 fully saturated rings. The number of benzene rings is 4. The molecule has 0 saturated heterocycles. The quantitative estimate of drug-likeness (QED) is 0.122. The van der Waals surface area contributed by atoms with Crippen LogP contribution in [0.5, 0.6) is 11.5 Å². The molecule has 0 heterocycles. The van der Waals surface area contributed by atoms with Gasteiger partial charge in [0.15, 0.2) is 40.7 Å². The molecule has 0 radical (unpaired) electrons. The van der Waals surface area contributed by atoms with Crippen LogP contribution in [0.3, 0.4) is 0 Å². The molecule has 0 bridgehead atoms. The van der Waals surface area contributed by atoms with Crippen LogP contribution < -0.4 is 9.47 Å². The van der Waals surface area contributed by atoms with Crippen molar-refractivity contribution in [2.45, 2.75) is 12.2 Å². The largest absolute Gasteiger partial charge is 0.429 e. The second kappa shape index (κ2) is 10.5. The second-order valence-electron chi connectivity index (χ2n) is 8.00. The average molecular weight is 574 g/mol. The van der Waals surface area contributed by atoms with Crippen LogP contribution in [-0.4, -0.2) is 5.78 Å². The van der Waals surface area contributed by atoms with Crippen molar-refractivity contribution in [3.8, 4) is 11.5 Å². The van der Waals surface area contributed by atoms with Crippen LogP contribution in [0, 0.1) is 34.9 Å². The number of carbonyl (C=O) groups excluding carboxylic acids is 1. The Kier molecular flexibility index (Phi) is 7.50. The van der Waals surface area contributed by atoms with Crippen molar-refractivity contribution >= 4 is 5.78 Å². The molecule has 40 heavy (non-hydrogen) atoms. The highest BCUT2D eigenvalue weighted by atomic mass is 19.3. The SMILES string of the molecule is O=C(c1ccccc1OC(F)(F)c1ccc(F)c(F)c1F)c1ccccc1OC(F)(F)c1ccc(F)c(F)c1F. The van der Waals surface area contributed by atoms with E-state index in [9.17, 15) is 48.7 Å². The highest BCUT2D eigenvalue weighted by molar-refractivity contribution is 6.12. The summed E-state index contributed by atoms with van der Waals surface area (Å²) < 4.78 is 150. The molecule has 0 unspecified atom stereocenters. The van der Waals surface area contributed by atoms with Gasteiger partial charge in [-0.05, 0) is 48.5 Å². The van der Waals surface area contributed by atoms with E-state index in [0.717, 1.165) is 36.4 Å². The monoisotopic (exact) mass is 574 g/mol. The summed E-state index contributed by atoms with van der Waals surface area (Å²) in [7, 11) is 0. The van der Waals surface area contributed by atoms with Gasteiger partial charge in [-0.1, -0.05) is 24.3 Å². The highest BCUT2D eigenvalue weighted by Gasteiger charge is 2.42. The maximum Gasteiger partial charge on any atom is 0.429 e. The van der Waals surface area contributed by atoms with Crippen molar-refractivity contribution in [2.75, 3.05) is 0 Å². The molecule has 4 rings (SSSR count). The van der Waals surface area contributed by atoms with Crippen LogP contribution in [0.1, 0.15) is 27.0 Å². The Morgan fingerprint density at radius 1 is 0.500 bits per heavy atom. The van der Waals surface area contributed by atoms with Gasteiger partial charge >= 0.3 is 12.2 Å². The Labute approximate surface area is 218 Å². The van der Waals surface area contributed by atoms with Gasteiger partial charge in [-0.25, -0.2) is 26.3 Å². The molecule has 0 aliphatic rings. The van der Waals surface area contributed by atoms with Crippen molar-refractivity contribution in [2.24, 2.45) is 0 Å². The molecule has 3 nitrogen and oxygen atoms in total. The molecular formula is C27H12F10O3. The number of carbonyl (C=O) groups is 1. The topological polar surface area (TPSA) is 35.5 Å². The van der Waals surface area contributed by atoms with E-state index in [1.54, 1.807) is 0 Å². The minimum absolute atomic E-state index is 0.223. The van der Waals surface area contributed by atoms with Gasteiger partial charge in [-0.3, -0.25) is 4.79 Å². The van der Waals surface area contributed by atoms with Gasteiger partial charge < -0.3 is 9.47 Å². The zero-order valence-corrected chi connectivity index (χ0v) is 19.4. The number of hydrogen-bond acceptors (Lipinski definition) is 3. The molecule has 0 saturated carbocycles. The first-order chi connectivity index (χ1) is 18.7. The van der Waals surface area contributed by atoms with Crippen LogP contribution in [-0.2, 0) is 12.2 Å². The summed E-state index contributed by atoms with van der Waals surface area (Å²) in [6.07, 6.45) is -9.30. The first-order valence-electron chi connectivity index (χ1n) is 10.9. The fourth-order valence-electron chi connectivity index (χ4n) is 3.52. The van der Waals surface area contributed by atoms with E-state index < -0.39 is 86.7 Å². The third kappa shape index (κ3) is 5.31. The molecule has 4 aromatic rings. The predicted octanol–water partition coefficient (Wildman–Crippen LogP) is 8.01. The summed E-state index contributed by atoms with van der Waals surface area (Å²) in [5.41, 5.74) is -4.79. The lowest BCUT2D eigenvalue weighted by molar-refractivity contribution is -0.188. The molecule has 0 spiro atoms. The second-order valence-corrected chi connectivity index (χ2v) is 8.00. The van der Waals surface area contributed by atoms with E-state index in [4.69, 9.17) is 0 Å². The number of halogens is 10. The first kappa shape index (κ1) is 28.5. The van der Waals surface area contributed by atoms with Gasteiger partial charge in [0.1, 0.15) is 22.6 Å². The molecule has 4 aromatic carbocycles. The third-order valence-corrected chi connectivity index (χ3v) is 5.44. The standard InChI is InChI=1S/C27H12F10O3/c28-17-11-9-15(21(30)23(17)32)26(34,35)39-19-7-3-1-5-13(19)25(38)14-6-2-4-8-20(14)40-27(36,37)16-10-12-18(29)24(33)22(16)31/h1-12H. The smallest absolute Gasteiger partial charge is 0.428 e. The Hall–Kier alpha value is -4.55. The third-order valence-electron chi connectivity index (χ3n) is 5.44. The van der Waals surface area contributed by atoms with E-state index in [2.05, 4.69) is 9.47 Å². The minimum Gasteiger partial charge on any atom is -0.428 e. The molecule has 208 valence electrons. The lowest BCUT2D eigenvalue weighted by Crippen LogP contribution is -2.26. The zero-order valence-electron chi connectivity index (χ0n) is 19.4. The Morgan fingerprint density at radius 2 is 0.850 bits per heavy atom. The Balaban J connectivity index is 1.70. The fourth-order valence-corrected chi connectivity index (χ4v) is 3.52. The van der Waals surface area contributed by atoms with Crippen LogP contribution in [0.4, 0.5) is 43.9 Å². The van der Waals surface area contributed by atoms with Crippen LogP contribution in [0.25, 0.3) is 0 Å². The van der Waals surface area contributed by atoms with E-state index in [0.29, 0.717) is 0 Å². The molecule has 0 aliphatic carbocycles. The zero-order chi connectivity index (χ0) is 29.4. The summed E-state index contributed by atoms with van der Waals surface area (Å²) in [5, 5.41) is 0. The molecule has 0 atom stereocenters. The Bertz CT molecular complexity index is 1490. The maximum absolute atomic E-state index is 14.8. The Morgan fingerprint density at radius 3 is 1.23 bits per heavy atom. The molecule has 0 aliphatic heterocycles. The number of rotatable bonds is 8. The number of alkyl halides is 4. The summed E-state index contributed by atoms with van der Waals surface area (Å²) in [4.78, 5) is 13.2. The van der Waals surface area contributed by atoms with Gasteiger partial charge in [0.05, 0.1) is 11.1 Å². The van der Waals surface area contributed by atoms with Crippen molar-refractivity contribution in [1.29, 1.82) is 0 Å². The van der Waals surface area contributed by atoms with E-state index in [-0.39, 0.29) is 24.3 Å². The van der Waals surface area contributed by atoms with Crippen LogP contribution in [0.15, 0.2) is 72.8 Å². The lowest BCUT2D eigenvalue weighted by Gasteiger charge is -2.22. The van der Waals surface area contributed by atoms with Gasteiger partial charge in [-0.2, -0.15) is 17.6 Å². The van der Waals surface area contributed by atoms with Crippen molar-refractivity contribution in [3.05, 3.63) is 130 Å². The number of hydrogen-bond donors (Lipinski definition) is 0.